The first-order valence-corrected chi connectivity index (χ1v) is 4.47. The molecule has 90 valence electrons. The van der Waals surface area contributed by atoms with Crippen molar-refractivity contribution in [1.82, 2.24) is 4.98 Å². The van der Waals surface area contributed by atoms with Gasteiger partial charge in [0, 0.05) is 12.3 Å². The van der Waals surface area contributed by atoms with Crippen molar-refractivity contribution in [3.63, 3.8) is 0 Å². The van der Waals surface area contributed by atoms with Gasteiger partial charge in [-0.25, -0.2) is 4.79 Å². The largest absolute Gasteiger partial charge is 0.465 e. The fraction of sp³-hybridized carbons (Fsp3) is 0.200. The van der Waals surface area contributed by atoms with Gasteiger partial charge in [0.2, 0.25) is 5.76 Å². The number of ether oxygens (including phenoxy) is 1. The summed E-state index contributed by atoms with van der Waals surface area (Å²) in [7, 11) is 1.13. The Labute approximate surface area is 93.0 Å². The highest BCUT2D eigenvalue weighted by molar-refractivity contribution is 6.00. The number of carbonyl (C=O) groups is 1. The Morgan fingerprint density at radius 2 is 2.18 bits per heavy atom. The van der Waals surface area contributed by atoms with Gasteiger partial charge in [-0.05, 0) is 6.07 Å². The van der Waals surface area contributed by atoms with Crippen molar-refractivity contribution in [3.05, 3.63) is 29.7 Å². The second-order valence-corrected chi connectivity index (χ2v) is 3.17. The molecule has 2 aromatic rings. The maximum Gasteiger partial charge on any atom is 0.449 e. The number of hydrogen-bond donors (Lipinski definition) is 0. The first-order chi connectivity index (χ1) is 7.93. The maximum absolute atomic E-state index is 12.4. The highest BCUT2D eigenvalue weighted by atomic mass is 19.4. The number of pyridine rings is 1. The minimum Gasteiger partial charge on any atom is -0.465 e. The van der Waals surface area contributed by atoms with Gasteiger partial charge in [-0.2, -0.15) is 13.2 Å². The van der Waals surface area contributed by atoms with Gasteiger partial charge in [0.15, 0.2) is 5.58 Å². The molecule has 2 rings (SSSR count). The molecule has 0 bridgehead atoms. The monoisotopic (exact) mass is 245 g/mol. The average molecular weight is 245 g/mol. The zero-order chi connectivity index (χ0) is 12.6. The van der Waals surface area contributed by atoms with Crippen LogP contribution in [0.1, 0.15) is 16.1 Å². The zero-order valence-electron chi connectivity index (χ0n) is 8.54. The van der Waals surface area contributed by atoms with Gasteiger partial charge < -0.3 is 9.15 Å². The molecular formula is C10H6F3NO3. The van der Waals surface area contributed by atoms with Crippen LogP contribution in [0.3, 0.4) is 0 Å². The van der Waals surface area contributed by atoms with E-state index >= 15 is 0 Å². The molecule has 0 fully saturated rings. The van der Waals surface area contributed by atoms with Crippen LogP contribution in [-0.4, -0.2) is 18.1 Å². The Balaban J connectivity index is 2.65. The van der Waals surface area contributed by atoms with Crippen molar-refractivity contribution in [1.29, 1.82) is 0 Å². The number of fused-ring (bicyclic) bond motifs is 1. The molecule has 2 heterocycles. The van der Waals surface area contributed by atoms with Crippen LogP contribution < -0.4 is 0 Å². The summed E-state index contributed by atoms with van der Waals surface area (Å²) in [6.07, 6.45) is -3.40. The molecule has 17 heavy (non-hydrogen) atoms. The third kappa shape index (κ3) is 1.95. The SMILES string of the molecule is COC(=O)c1ccnc2cc(C(F)(F)F)oc12. The number of nitrogens with zero attached hydrogens (tertiary/aromatic N) is 1. The van der Waals surface area contributed by atoms with Crippen molar-refractivity contribution in [2.24, 2.45) is 0 Å². The van der Waals surface area contributed by atoms with Gasteiger partial charge in [-0.1, -0.05) is 0 Å². The van der Waals surface area contributed by atoms with E-state index in [0.29, 0.717) is 0 Å². The number of halogens is 3. The van der Waals surface area contributed by atoms with E-state index in [1.807, 2.05) is 0 Å². The molecular weight excluding hydrogens is 239 g/mol. The molecule has 0 amide bonds. The van der Waals surface area contributed by atoms with Crippen LogP contribution in [0.4, 0.5) is 13.2 Å². The van der Waals surface area contributed by atoms with E-state index in [4.69, 9.17) is 0 Å². The van der Waals surface area contributed by atoms with Crippen LogP contribution in [0, 0.1) is 0 Å². The number of alkyl halides is 3. The Morgan fingerprint density at radius 1 is 1.47 bits per heavy atom. The van der Waals surface area contributed by atoms with E-state index in [1.165, 1.54) is 12.3 Å². The normalized spacial score (nSPS) is 11.8. The Bertz CT molecular complexity index is 574. The summed E-state index contributed by atoms with van der Waals surface area (Å²) in [6.45, 7) is 0. The van der Waals surface area contributed by atoms with Gasteiger partial charge in [0.1, 0.15) is 11.1 Å². The fourth-order valence-corrected chi connectivity index (χ4v) is 1.35. The molecule has 0 aromatic carbocycles. The van der Waals surface area contributed by atoms with E-state index in [9.17, 15) is 18.0 Å². The molecule has 7 heteroatoms. The Kier molecular flexibility index (Phi) is 2.53. The topological polar surface area (TPSA) is 52.3 Å². The minimum absolute atomic E-state index is 0.0415. The van der Waals surface area contributed by atoms with Gasteiger partial charge in [-0.3, -0.25) is 4.98 Å². The molecule has 0 saturated carbocycles. The molecule has 0 aliphatic carbocycles. The molecule has 0 spiro atoms. The van der Waals surface area contributed by atoms with Gasteiger partial charge in [0.25, 0.3) is 0 Å². The van der Waals surface area contributed by atoms with E-state index < -0.39 is 17.9 Å². The fourth-order valence-electron chi connectivity index (χ4n) is 1.35. The quantitative estimate of drug-likeness (QED) is 0.724. The smallest absolute Gasteiger partial charge is 0.449 e. The summed E-state index contributed by atoms with van der Waals surface area (Å²) in [5, 5.41) is 0. The molecule has 0 aliphatic heterocycles. The summed E-state index contributed by atoms with van der Waals surface area (Å²) in [6, 6.07) is 1.97. The number of carbonyl (C=O) groups excluding carboxylic acids is 1. The number of hydrogen-bond acceptors (Lipinski definition) is 4. The lowest BCUT2D eigenvalue weighted by molar-refractivity contribution is -0.152. The molecule has 0 atom stereocenters. The highest BCUT2D eigenvalue weighted by Crippen LogP contribution is 2.34. The number of esters is 1. The second-order valence-electron chi connectivity index (χ2n) is 3.17. The highest BCUT2D eigenvalue weighted by Gasteiger charge is 2.36. The molecule has 0 unspecified atom stereocenters. The van der Waals surface area contributed by atoms with E-state index in [-0.39, 0.29) is 16.7 Å². The number of furan rings is 1. The first-order valence-electron chi connectivity index (χ1n) is 4.47. The summed E-state index contributed by atoms with van der Waals surface area (Å²) in [5.74, 6) is -1.98. The molecule has 0 N–H and O–H groups in total. The summed E-state index contributed by atoms with van der Waals surface area (Å²) in [5.41, 5.74) is -0.361. The van der Waals surface area contributed by atoms with Crippen LogP contribution in [0.2, 0.25) is 0 Å². The Morgan fingerprint density at radius 3 is 2.76 bits per heavy atom. The molecule has 2 aromatic heterocycles. The number of aromatic nitrogens is 1. The standard InChI is InChI=1S/C10H6F3NO3/c1-16-9(15)5-2-3-14-6-4-7(10(11,12)13)17-8(5)6/h2-4H,1H3. The summed E-state index contributed by atoms with van der Waals surface area (Å²) < 4.78 is 46.2. The van der Waals surface area contributed by atoms with Gasteiger partial charge in [-0.15, -0.1) is 0 Å². The summed E-state index contributed by atoms with van der Waals surface area (Å²) >= 11 is 0. The molecule has 0 aliphatic rings. The first kappa shape index (κ1) is 11.4. The number of methoxy groups -OCH3 is 1. The van der Waals surface area contributed by atoms with E-state index in [1.54, 1.807) is 0 Å². The predicted molar refractivity (Wildman–Crippen MR) is 50.4 cm³/mol. The number of rotatable bonds is 1. The predicted octanol–water partition coefficient (Wildman–Crippen LogP) is 2.63. The van der Waals surface area contributed by atoms with Gasteiger partial charge >= 0.3 is 12.1 Å². The lowest BCUT2D eigenvalue weighted by atomic mass is 10.2. The van der Waals surface area contributed by atoms with Crippen molar-refractivity contribution >= 4 is 17.1 Å². The van der Waals surface area contributed by atoms with Crippen molar-refractivity contribution in [3.8, 4) is 0 Å². The van der Waals surface area contributed by atoms with E-state index in [0.717, 1.165) is 13.2 Å². The Hall–Kier alpha value is -2.05. The molecule has 4 nitrogen and oxygen atoms in total. The molecule has 0 saturated heterocycles. The third-order valence-corrected chi connectivity index (χ3v) is 2.10. The third-order valence-electron chi connectivity index (χ3n) is 2.10. The van der Waals surface area contributed by atoms with Crippen molar-refractivity contribution in [2.75, 3.05) is 7.11 Å². The maximum atomic E-state index is 12.4. The van der Waals surface area contributed by atoms with Crippen LogP contribution >= 0.6 is 0 Å². The van der Waals surface area contributed by atoms with Crippen molar-refractivity contribution in [2.45, 2.75) is 6.18 Å². The molecule has 0 radical (unpaired) electrons. The van der Waals surface area contributed by atoms with Crippen LogP contribution in [-0.2, 0) is 10.9 Å². The lowest BCUT2D eigenvalue weighted by Crippen LogP contribution is -2.02. The van der Waals surface area contributed by atoms with Crippen molar-refractivity contribution < 1.29 is 27.1 Å². The lowest BCUT2D eigenvalue weighted by Gasteiger charge is -2.00. The van der Waals surface area contributed by atoms with Crippen LogP contribution in [0.15, 0.2) is 22.7 Å². The summed E-state index contributed by atoms with van der Waals surface area (Å²) in [4.78, 5) is 15.0. The van der Waals surface area contributed by atoms with Crippen LogP contribution in [0.25, 0.3) is 11.1 Å². The van der Waals surface area contributed by atoms with Gasteiger partial charge in [0.05, 0.1) is 7.11 Å². The zero-order valence-corrected chi connectivity index (χ0v) is 8.54. The second kappa shape index (κ2) is 3.76. The average Bonchev–Trinajstić information content (AvgIpc) is 2.71. The minimum atomic E-state index is -4.62. The van der Waals surface area contributed by atoms with E-state index in [2.05, 4.69) is 14.1 Å². The van der Waals surface area contributed by atoms with Crippen LogP contribution in [0.5, 0.6) is 0 Å².